The SMILES string of the molecule is CCn1c2c(c3ccccc31)C1(C(=O)Nc3ccccc31)C(C#N)=C(N)S2. The van der Waals surface area contributed by atoms with Crippen LogP contribution >= 0.6 is 11.8 Å². The number of fused-ring (bicyclic) bond motifs is 6. The molecule has 6 heteroatoms. The molecule has 2 aliphatic rings. The second kappa shape index (κ2) is 5.41. The fourth-order valence-corrected chi connectivity index (χ4v) is 5.63. The van der Waals surface area contributed by atoms with Gasteiger partial charge in [-0.05, 0) is 19.1 Å². The molecule has 0 aliphatic carbocycles. The first-order valence-corrected chi connectivity index (χ1v) is 9.57. The quantitative estimate of drug-likeness (QED) is 0.682. The van der Waals surface area contributed by atoms with E-state index >= 15 is 0 Å². The summed E-state index contributed by atoms with van der Waals surface area (Å²) >= 11 is 1.38. The van der Waals surface area contributed by atoms with Gasteiger partial charge in [-0.25, -0.2) is 0 Å². The van der Waals surface area contributed by atoms with Crippen LogP contribution in [0.2, 0.25) is 0 Å². The lowest BCUT2D eigenvalue weighted by Crippen LogP contribution is -2.40. The maximum absolute atomic E-state index is 13.5. The third-order valence-electron chi connectivity index (χ3n) is 5.47. The fraction of sp³-hybridized carbons (Fsp3) is 0.143. The highest BCUT2D eigenvalue weighted by Gasteiger charge is 2.57. The number of nitrogens with zero attached hydrogens (tertiary/aromatic N) is 2. The maximum Gasteiger partial charge on any atom is 0.245 e. The summed E-state index contributed by atoms with van der Waals surface area (Å²) in [5, 5.41) is 15.3. The average molecular weight is 372 g/mol. The molecule has 0 fully saturated rings. The van der Waals surface area contributed by atoms with Gasteiger partial charge < -0.3 is 15.6 Å². The molecular formula is C21H16N4OS. The topological polar surface area (TPSA) is 83.8 Å². The van der Waals surface area contributed by atoms with Crippen LogP contribution in [0.3, 0.4) is 0 Å². The fourth-order valence-electron chi connectivity index (χ4n) is 4.42. The molecule has 1 atom stereocenters. The number of nitrogens with two attached hydrogens (primary N) is 1. The standard InChI is InChI=1S/C21H16N4OS/c1-2-25-16-10-6-3-7-12(16)17-19(25)27-18(23)14(11-22)21(17)13-8-4-5-9-15(13)24-20(21)26/h3-10H,2,23H2,1H3,(H,24,26). The molecule has 132 valence electrons. The molecule has 1 spiro atoms. The van der Waals surface area contributed by atoms with Gasteiger partial charge in [-0.3, -0.25) is 4.79 Å². The van der Waals surface area contributed by atoms with Gasteiger partial charge in [0.1, 0.15) is 5.41 Å². The summed E-state index contributed by atoms with van der Waals surface area (Å²) in [5.41, 5.74) is 8.86. The molecule has 0 bridgehead atoms. The molecule has 0 radical (unpaired) electrons. The number of hydrogen-bond donors (Lipinski definition) is 2. The molecule has 1 unspecified atom stereocenters. The smallest absolute Gasteiger partial charge is 0.245 e. The van der Waals surface area contributed by atoms with Crippen molar-refractivity contribution >= 4 is 34.3 Å². The zero-order valence-corrected chi connectivity index (χ0v) is 15.4. The number of carbonyl (C=O) groups excluding carboxylic acids is 1. The van der Waals surface area contributed by atoms with Crippen molar-refractivity contribution in [2.24, 2.45) is 5.73 Å². The lowest BCUT2D eigenvalue weighted by atomic mass is 9.70. The summed E-state index contributed by atoms with van der Waals surface area (Å²) in [5.74, 6) is -0.219. The van der Waals surface area contributed by atoms with Crippen molar-refractivity contribution in [3.8, 4) is 6.07 Å². The minimum atomic E-state index is -1.21. The summed E-state index contributed by atoms with van der Waals surface area (Å²) in [6, 6.07) is 17.8. The van der Waals surface area contributed by atoms with Crippen LogP contribution in [0.4, 0.5) is 5.69 Å². The normalized spacial score (nSPS) is 20.5. The van der Waals surface area contributed by atoms with E-state index in [-0.39, 0.29) is 5.91 Å². The van der Waals surface area contributed by atoms with Crippen LogP contribution in [0.1, 0.15) is 18.1 Å². The van der Waals surface area contributed by atoms with Crippen molar-refractivity contribution in [3.63, 3.8) is 0 Å². The van der Waals surface area contributed by atoms with Crippen LogP contribution in [0, 0.1) is 11.3 Å². The number of benzene rings is 2. The number of aromatic nitrogens is 1. The van der Waals surface area contributed by atoms with Gasteiger partial charge in [0.25, 0.3) is 0 Å². The molecule has 5 nitrogen and oxygen atoms in total. The van der Waals surface area contributed by atoms with Gasteiger partial charge in [0.15, 0.2) is 0 Å². The largest absolute Gasteiger partial charge is 0.392 e. The number of carbonyl (C=O) groups is 1. The average Bonchev–Trinajstić information content (AvgIpc) is 3.14. The van der Waals surface area contributed by atoms with Gasteiger partial charge in [0.05, 0.1) is 21.7 Å². The second-order valence-corrected chi connectivity index (χ2v) is 7.68. The number of nitriles is 1. The molecule has 0 saturated carbocycles. The molecule has 1 amide bonds. The van der Waals surface area contributed by atoms with Crippen molar-refractivity contribution in [2.75, 3.05) is 5.32 Å². The Labute approximate surface area is 160 Å². The Kier molecular flexibility index (Phi) is 3.22. The van der Waals surface area contributed by atoms with Gasteiger partial charge in [0.2, 0.25) is 5.91 Å². The zero-order valence-electron chi connectivity index (χ0n) is 14.6. The van der Waals surface area contributed by atoms with Crippen LogP contribution in [0.15, 0.2) is 64.2 Å². The van der Waals surface area contributed by atoms with E-state index in [1.807, 2.05) is 48.5 Å². The van der Waals surface area contributed by atoms with Crippen molar-refractivity contribution in [2.45, 2.75) is 23.9 Å². The van der Waals surface area contributed by atoms with E-state index in [1.54, 1.807) is 0 Å². The number of hydrogen-bond acceptors (Lipinski definition) is 4. The first-order valence-electron chi connectivity index (χ1n) is 8.75. The third kappa shape index (κ3) is 1.77. The molecule has 2 aliphatic heterocycles. The molecule has 3 N–H and O–H groups in total. The summed E-state index contributed by atoms with van der Waals surface area (Å²) in [6.07, 6.45) is 0. The second-order valence-electron chi connectivity index (χ2n) is 6.64. The van der Waals surface area contributed by atoms with E-state index < -0.39 is 5.41 Å². The highest BCUT2D eigenvalue weighted by atomic mass is 32.2. The number of amides is 1. The minimum Gasteiger partial charge on any atom is -0.392 e. The van der Waals surface area contributed by atoms with E-state index in [9.17, 15) is 10.1 Å². The Morgan fingerprint density at radius 3 is 2.74 bits per heavy atom. The molecule has 0 saturated heterocycles. The van der Waals surface area contributed by atoms with Crippen LogP contribution in [-0.4, -0.2) is 10.5 Å². The van der Waals surface area contributed by atoms with Gasteiger partial charge in [-0.2, -0.15) is 5.26 Å². The zero-order chi connectivity index (χ0) is 18.8. The summed E-state index contributed by atoms with van der Waals surface area (Å²) in [4.78, 5) is 13.5. The molecule has 5 rings (SSSR count). The van der Waals surface area contributed by atoms with Gasteiger partial charge in [-0.15, -0.1) is 0 Å². The van der Waals surface area contributed by atoms with Crippen LogP contribution in [0.25, 0.3) is 10.9 Å². The molecule has 3 aromatic rings. The lowest BCUT2D eigenvalue weighted by molar-refractivity contribution is -0.118. The van der Waals surface area contributed by atoms with E-state index in [0.29, 0.717) is 10.6 Å². The van der Waals surface area contributed by atoms with Crippen LogP contribution in [-0.2, 0) is 16.8 Å². The first-order chi connectivity index (χ1) is 13.1. The number of thioether (sulfide) groups is 1. The molecule has 3 heterocycles. The van der Waals surface area contributed by atoms with Crippen LogP contribution in [0.5, 0.6) is 0 Å². The van der Waals surface area contributed by atoms with Crippen molar-refractivity contribution in [1.82, 2.24) is 4.57 Å². The Balaban J connectivity index is 2.02. The Bertz CT molecular complexity index is 1220. The van der Waals surface area contributed by atoms with Gasteiger partial charge in [-0.1, -0.05) is 48.2 Å². The molecular weight excluding hydrogens is 356 g/mol. The predicted octanol–water partition coefficient (Wildman–Crippen LogP) is 3.70. The van der Waals surface area contributed by atoms with Gasteiger partial charge >= 0.3 is 0 Å². The summed E-state index contributed by atoms with van der Waals surface area (Å²) < 4.78 is 2.17. The molecule has 27 heavy (non-hydrogen) atoms. The summed E-state index contributed by atoms with van der Waals surface area (Å²) in [6.45, 7) is 2.82. The van der Waals surface area contributed by atoms with Crippen LogP contribution < -0.4 is 11.1 Å². The third-order valence-corrected chi connectivity index (χ3v) is 6.52. The van der Waals surface area contributed by atoms with Crippen molar-refractivity contribution < 1.29 is 4.79 Å². The maximum atomic E-state index is 13.5. The number of para-hydroxylation sites is 2. The predicted molar refractivity (Wildman–Crippen MR) is 106 cm³/mol. The number of aryl methyl sites for hydroxylation is 1. The lowest BCUT2D eigenvalue weighted by Gasteiger charge is -2.32. The van der Waals surface area contributed by atoms with Gasteiger partial charge in [0, 0.05) is 34.3 Å². The van der Waals surface area contributed by atoms with Crippen molar-refractivity contribution in [1.29, 1.82) is 5.26 Å². The van der Waals surface area contributed by atoms with E-state index in [4.69, 9.17) is 5.73 Å². The highest BCUT2D eigenvalue weighted by Crippen LogP contribution is 2.57. The first kappa shape index (κ1) is 16.0. The van der Waals surface area contributed by atoms with E-state index in [0.717, 1.165) is 39.3 Å². The Morgan fingerprint density at radius 1 is 1.22 bits per heavy atom. The molecule has 2 aromatic carbocycles. The Morgan fingerprint density at radius 2 is 1.96 bits per heavy atom. The monoisotopic (exact) mass is 372 g/mol. The number of rotatable bonds is 1. The molecule has 1 aromatic heterocycles. The van der Waals surface area contributed by atoms with Crippen molar-refractivity contribution in [3.05, 3.63) is 70.3 Å². The minimum absolute atomic E-state index is 0.219. The summed E-state index contributed by atoms with van der Waals surface area (Å²) in [7, 11) is 0. The van der Waals surface area contributed by atoms with E-state index in [2.05, 4.69) is 22.9 Å². The number of anilines is 1. The van der Waals surface area contributed by atoms with E-state index in [1.165, 1.54) is 11.8 Å². The Hall–Kier alpha value is -3.17. The highest BCUT2D eigenvalue weighted by molar-refractivity contribution is 8.03. The number of nitrogens with one attached hydrogen (secondary N) is 1.